The van der Waals surface area contributed by atoms with Crippen molar-refractivity contribution in [2.75, 3.05) is 0 Å². The molecule has 0 saturated carbocycles. The van der Waals surface area contributed by atoms with Gasteiger partial charge in [-0.1, -0.05) is 18.2 Å². The van der Waals surface area contributed by atoms with Crippen LogP contribution in [0.5, 0.6) is 0 Å². The zero-order chi connectivity index (χ0) is 10.6. The van der Waals surface area contributed by atoms with Crippen molar-refractivity contribution in [3.8, 4) is 0 Å². The van der Waals surface area contributed by atoms with Gasteiger partial charge in [0.15, 0.2) is 0 Å². The summed E-state index contributed by atoms with van der Waals surface area (Å²) in [6.07, 6.45) is -0.588. The standard InChI is InChI=1S/C9H8O3.C2H4/c10-8-5-6-3-1-2-4-7(6)9(11)12-8;1-2/h1-4,8,10H,5H2;1-2H2. The lowest BCUT2D eigenvalue weighted by Crippen LogP contribution is -2.26. The average Bonchev–Trinajstić information content (AvgIpc) is 2.20. The zero-order valence-electron chi connectivity index (χ0n) is 7.77. The van der Waals surface area contributed by atoms with Crippen LogP contribution in [0, 0.1) is 0 Å². The molecule has 1 N–H and O–H groups in total. The Labute approximate surface area is 82.6 Å². The van der Waals surface area contributed by atoms with Gasteiger partial charge < -0.3 is 9.84 Å². The second-order valence-corrected chi connectivity index (χ2v) is 2.72. The Morgan fingerprint density at radius 1 is 1.36 bits per heavy atom. The predicted octanol–water partition coefficient (Wildman–Crippen LogP) is 1.52. The molecule has 0 bridgehead atoms. The molecule has 74 valence electrons. The van der Waals surface area contributed by atoms with E-state index in [1.165, 1.54) is 0 Å². The second kappa shape index (κ2) is 4.58. The lowest BCUT2D eigenvalue weighted by atomic mass is 10.0. The predicted molar refractivity (Wildman–Crippen MR) is 52.8 cm³/mol. The normalized spacial score (nSPS) is 18.6. The van der Waals surface area contributed by atoms with E-state index in [2.05, 4.69) is 17.9 Å². The molecule has 0 aliphatic carbocycles. The number of cyclic esters (lactones) is 1. The quantitative estimate of drug-likeness (QED) is 0.500. The first-order valence-corrected chi connectivity index (χ1v) is 4.24. The number of rotatable bonds is 0. The van der Waals surface area contributed by atoms with E-state index in [1.807, 2.05) is 12.1 Å². The minimum atomic E-state index is -0.979. The van der Waals surface area contributed by atoms with Gasteiger partial charge in [0, 0.05) is 6.42 Å². The Balaban J connectivity index is 0.000000461. The Bertz CT molecular complexity index is 333. The van der Waals surface area contributed by atoms with E-state index in [0.717, 1.165) is 5.56 Å². The van der Waals surface area contributed by atoms with Crippen LogP contribution in [0.25, 0.3) is 0 Å². The van der Waals surface area contributed by atoms with Crippen molar-refractivity contribution in [3.05, 3.63) is 48.6 Å². The van der Waals surface area contributed by atoms with Crippen molar-refractivity contribution < 1.29 is 14.6 Å². The lowest BCUT2D eigenvalue weighted by Gasteiger charge is -2.19. The van der Waals surface area contributed by atoms with Crippen LogP contribution in [0.2, 0.25) is 0 Å². The van der Waals surface area contributed by atoms with Crippen LogP contribution in [0.4, 0.5) is 0 Å². The van der Waals surface area contributed by atoms with E-state index in [0.29, 0.717) is 12.0 Å². The molecule has 1 atom stereocenters. The number of carbonyl (C=O) groups is 1. The molecule has 1 aromatic rings. The number of esters is 1. The van der Waals surface area contributed by atoms with Gasteiger partial charge >= 0.3 is 5.97 Å². The molecule has 14 heavy (non-hydrogen) atoms. The number of fused-ring (bicyclic) bond motifs is 1. The maximum absolute atomic E-state index is 11.1. The van der Waals surface area contributed by atoms with E-state index >= 15 is 0 Å². The summed E-state index contributed by atoms with van der Waals surface area (Å²) in [6, 6.07) is 7.13. The van der Waals surface area contributed by atoms with E-state index in [4.69, 9.17) is 5.11 Å². The molecule has 1 aromatic carbocycles. The molecule has 1 aliphatic heterocycles. The molecule has 0 aromatic heterocycles. The average molecular weight is 192 g/mol. The van der Waals surface area contributed by atoms with E-state index < -0.39 is 12.3 Å². The fourth-order valence-electron chi connectivity index (χ4n) is 1.31. The van der Waals surface area contributed by atoms with Crippen molar-refractivity contribution in [3.63, 3.8) is 0 Å². The smallest absolute Gasteiger partial charge is 0.340 e. The van der Waals surface area contributed by atoms with Crippen LogP contribution < -0.4 is 0 Å². The summed E-state index contributed by atoms with van der Waals surface area (Å²) in [7, 11) is 0. The molecule has 0 fully saturated rings. The fraction of sp³-hybridized carbons (Fsp3) is 0.182. The highest BCUT2D eigenvalue weighted by molar-refractivity contribution is 5.92. The maximum atomic E-state index is 11.1. The van der Waals surface area contributed by atoms with E-state index in [1.54, 1.807) is 12.1 Å². The topological polar surface area (TPSA) is 46.5 Å². The van der Waals surface area contributed by atoms with Gasteiger partial charge in [-0.2, -0.15) is 0 Å². The van der Waals surface area contributed by atoms with Crippen LogP contribution in [-0.4, -0.2) is 17.4 Å². The third-order valence-electron chi connectivity index (χ3n) is 1.87. The van der Waals surface area contributed by atoms with Gasteiger partial charge in [-0.15, -0.1) is 13.2 Å². The first-order valence-electron chi connectivity index (χ1n) is 4.24. The zero-order valence-corrected chi connectivity index (χ0v) is 7.77. The number of aliphatic hydroxyl groups excluding tert-OH is 1. The number of hydrogen-bond donors (Lipinski definition) is 1. The number of carbonyl (C=O) groups excluding carboxylic acids is 1. The molecule has 3 nitrogen and oxygen atoms in total. The van der Waals surface area contributed by atoms with Crippen LogP contribution in [0.15, 0.2) is 37.4 Å². The first kappa shape index (κ1) is 10.5. The van der Waals surface area contributed by atoms with Crippen LogP contribution in [-0.2, 0) is 11.2 Å². The van der Waals surface area contributed by atoms with Crippen LogP contribution in [0.1, 0.15) is 15.9 Å². The van der Waals surface area contributed by atoms with Crippen LogP contribution in [0.3, 0.4) is 0 Å². The largest absolute Gasteiger partial charge is 0.432 e. The summed E-state index contributed by atoms with van der Waals surface area (Å²) < 4.78 is 4.63. The van der Waals surface area contributed by atoms with Crippen molar-refractivity contribution >= 4 is 5.97 Å². The Morgan fingerprint density at radius 3 is 2.71 bits per heavy atom. The maximum Gasteiger partial charge on any atom is 0.340 e. The third-order valence-corrected chi connectivity index (χ3v) is 1.87. The van der Waals surface area contributed by atoms with Gasteiger partial charge in [-0.3, -0.25) is 0 Å². The number of aliphatic hydroxyl groups is 1. The highest BCUT2D eigenvalue weighted by Crippen LogP contribution is 2.18. The summed E-state index contributed by atoms with van der Waals surface area (Å²) in [4.78, 5) is 11.1. The molecule has 1 aliphatic rings. The minimum absolute atomic E-state index is 0.391. The summed E-state index contributed by atoms with van der Waals surface area (Å²) >= 11 is 0. The monoisotopic (exact) mass is 192 g/mol. The molecule has 0 radical (unpaired) electrons. The summed E-state index contributed by atoms with van der Waals surface area (Å²) in [5.41, 5.74) is 1.41. The van der Waals surface area contributed by atoms with Crippen molar-refractivity contribution in [1.29, 1.82) is 0 Å². The van der Waals surface area contributed by atoms with Gasteiger partial charge in [0.25, 0.3) is 0 Å². The van der Waals surface area contributed by atoms with Crippen molar-refractivity contribution in [1.82, 2.24) is 0 Å². The summed E-state index contributed by atoms with van der Waals surface area (Å²) in [5, 5.41) is 9.08. The second-order valence-electron chi connectivity index (χ2n) is 2.72. The molecular weight excluding hydrogens is 180 g/mol. The highest BCUT2D eigenvalue weighted by atomic mass is 16.6. The first-order chi connectivity index (χ1) is 6.77. The molecule has 0 spiro atoms. The molecular formula is C11H12O3. The van der Waals surface area contributed by atoms with Crippen LogP contribution >= 0.6 is 0 Å². The van der Waals surface area contributed by atoms with Gasteiger partial charge in [0.05, 0.1) is 5.56 Å². The van der Waals surface area contributed by atoms with Crippen molar-refractivity contribution in [2.24, 2.45) is 0 Å². The molecule has 1 heterocycles. The Hall–Kier alpha value is -1.61. The minimum Gasteiger partial charge on any atom is -0.432 e. The Morgan fingerprint density at radius 2 is 2.00 bits per heavy atom. The Kier molecular flexibility index (Phi) is 3.42. The SMILES string of the molecule is C=C.O=C1OC(O)Cc2ccccc21. The fourth-order valence-corrected chi connectivity index (χ4v) is 1.31. The molecule has 0 amide bonds. The molecule has 1 unspecified atom stereocenters. The van der Waals surface area contributed by atoms with Crippen molar-refractivity contribution in [2.45, 2.75) is 12.7 Å². The van der Waals surface area contributed by atoms with E-state index in [9.17, 15) is 4.79 Å². The lowest BCUT2D eigenvalue weighted by molar-refractivity contribution is -0.0687. The summed E-state index contributed by atoms with van der Waals surface area (Å²) in [6.45, 7) is 6.00. The molecule has 3 heteroatoms. The van der Waals surface area contributed by atoms with Gasteiger partial charge in [-0.25, -0.2) is 4.79 Å². The molecule has 0 saturated heterocycles. The van der Waals surface area contributed by atoms with Gasteiger partial charge in [-0.05, 0) is 11.6 Å². The number of hydrogen-bond acceptors (Lipinski definition) is 3. The highest BCUT2D eigenvalue weighted by Gasteiger charge is 2.23. The van der Waals surface area contributed by atoms with Gasteiger partial charge in [0.1, 0.15) is 0 Å². The van der Waals surface area contributed by atoms with E-state index in [-0.39, 0.29) is 0 Å². The molecule has 2 rings (SSSR count). The van der Waals surface area contributed by atoms with Gasteiger partial charge in [0.2, 0.25) is 6.29 Å². The number of benzene rings is 1. The number of ether oxygens (including phenoxy) is 1. The third kappa shape index (κ3) is 2.00. The summed E-state index contributed by atoms with van der Waals surface area (Å²) in [5.74, 6) is -0.440.